The Balaban J connectivity index is 1.91. The molecule has 2 N–H and O–H groups in total. The highest BCUT2D eigenvalue weighted by Crippen LogP contribution is 2.26. The number of methoxy groups -OCH3 is 1. The molecule has 22 heavy (non-hydrogen) atoms. The molecular weight excluding hydrogens is 276 g/mol. The minimum absolute atomic E-state index is 0.183. The van der Waals surface area contributed by atoms with Crippen molar-refractivity contribution in [3.8, 4) is 5.75 Å². The van der Waals surface area contributed by atoms with E-state index in [2.05, 4.69) is 16.4 Å². The third kappa shape index (κ3) is 2.68. The van der Waals surface area contributed by atoms with Crippen molar-refractivity contribution in [3.05, 3.63) is 59.3 Å². The molecule has 3 rings (SSSR count). The molecule has 2 aromatic carbocycles. The van der Waals surface area contributed by atoms with Crippen LogP contribution in [-0.2, 0) is 0 Å². The first-order chi connectivity index (χ1) is 10.6. The first-order valence-corrected chi connectivity index (χ1v) is 7.12. The highest BCUT2D eigenvalue weighted by molar-refractivity contribution is 6.06. The summed E-state index contributed by atoms with van der Waals surface area (Å²) < 4.78 is 5.29. The van der Waals surface area contributed by atoms with Crippen LogP contribution in [0.15, 0.2) is 42.5 Å². The van der Waals surface area contributed by atoms with Crippen molar-refractivity contribution in [2.24, 2.45) is 0 Å². The Hall–Kier alpha value is -2.75. The molecule has 0 radical (unpaired) electrons. The fourth-order valence-corrected chi connectivity index (χ4v) is 2.48. The van der Waals surface area contributed by atoms with Crippen LogP contribution in [0.5, 0.6) is 5.75 Å². The Morgan fingerprint density at radius 2 is 1.77 bits per heavy atom. The maximum atomic E-state index is 12.5. The molecule has 4 heteroatoms. The molecule has 3 aromatic rings. The average molecular weight is 294 g/mol. The van der Waals surface area contributed by atoms with E-state index in [9.17, 15) is 4.79 Å². The number of hydrogen-bond acceptors (Lipinski definition) is 2. The molecule has 0 saturated carbocycles. The molecule has 0 bridgehead atoms. The normalized spacial score (nSPS) is 10.7. The van der Waals surface area contributed by atoms with Gasteiger partial charge in [-0.15, -0.1) is 0 Å². The van der Waals surface area contributed by atoms with Crippen LogP contribution < -0.4 is 10.1 Å². The van der Waals surface area contributed by atoms with E-state index in [1.165, 1.54) is 5.56 Å². The number of carbonyl (C=O) groups is 1. The Morgan fingerprint density at radius 1 is 1.05 bits per heavy atom. The monoisotopic (exact) mass is 294 g/mol. The van der Waals surface area contributed by atoms with Gasteiger partial charge in [0, 0.05) is 10.9 Å². The molecule has 0 atom stereocenters. The summed E-state index contributed by atoms with van der Waals surface area (Å²) in [5.74, 6) is 0.462. The number of H-pyrrole nitrogens is 1. The van der Waals surface area contributed by atoms with E-state index in [1.807, 2.05) is 50.2 Å². The van der Waals surface area contributed by atoms with Gasteiger partial charge in [0.2, 0.25) is 0 Å². The summed E-state index contributed by atoms with van der Waals surface area (Å²) in [5.41, 5.74) is 4.38. The molecule has 0 aliphatic rings. The molecule has 0 aliphatic heterocycles. The van der Waals surface area contributed by atoms with Crippen molar-refractivity contribution >= 4 is 22.5 Å². The average Bonchev–Trinajstić information content (AvgIpc) is 2.90. The summed E-state index contributed by atoms with van der Waals surface area (Å²) in [6, 6.07) is 13.6. The first-order valence-electron chi connectivity index (χ1n) is 7.12. The van der Waals surface area contributed by atoms with Gasteiger partial charge in [-0.05, 0) is 49.7 Å². The van der Waals surface area contributed by atoms with Gasteiger partial charge in [-0.2, -0.15) is 0 Å². The van der Waals surface area contributed by atoms with Crippen LogP contribution in [0.25, 0.3) is 10.9 Å². The number of carbonyl (C=O) groups excluding carboxylic acids is 1. The van der Waals surface area contributed by atoms with E-state index < -0.39 is 0 Å². The predicted molar refractivity (Wildman–Crippen MR) is 88.7 cm³/mol. The second-order valence-electron chi connectivity index (χ2n) is 5.43. The van der Waals surface area contributed by atoms with Gasteiger partial charge in [0.05, 0.1) is 12.8 Å². The topological polar surface area (TPSA) is 54.1 Å². The first kappa shape index (κ1) is 14.2. The summed E-state index contributed by atoms with van der Waals surface area (Å²) in [6.07, 6.45) is 0. The maximum Gasteiger partial charge on any atom is 0.272 e. The van der Waals surface area contributed by atoms with Gasteiger partial charge >= 0.3 is 0 Å². The van der Waals surface area contributed by atoms with Crippen molar-refractivity contribution < 1.29 is 9.53 Å². The van der Waals surface area contributed by atoms with E-state index in [1.54, 1.807) is 7.11 Å². The molecule has 0 spiro atoms. The van der Waals surface area contributed by atoms with Crippen LogP contribution in [0, 0.1) is 13.8 Å². The van der Waals surface area contributed by atoms with Gasteiger partial charge in [0.1, 0.15) is 11.4 Å². The van der Waals surface area contributed by atoms with Crippen LogP contribution in [0.1, 0.15) is 21.6 Å². The quantitative estimate of drug-likeness (QED) is 0.765. The molecule has 0 saturated heterocycles. The molecule has 1 aromatic heterocycles. The van der Waals surface area contributed by atoms with Crippen molar-refractivity contribution in [3.63, 3.8) is 0 Å². The van der Waals surface area contributed by atoms with E-state index in [4.69, 9.17) is 4.74 Å². The third-order valence-corrected chi connectivity index (χ3v) is 3.62. The molecule has 0 fully saturated rings. The Morgan fingerprint density at radius 3 is 2.55 bits per heavy atom. The molecule has 0 unspecified atom stereocenters. The number of fused-ring (bicyclic) bond motifs is 1. The lowest BCUT2D eigenvalue weighted by atomic mass is 10.2. The van der Waals surface area contributed by atoms with Gasteiger partial charge in [-0.3, -0.25) is 4.79 Å². The largest absolute Gasteiger partial charge is 0.495 e. The van der Waals surface area contributed by atoms with Crippen LogP contribution in [-0.4, -0.2) is 18.0 Å². The number of aryl methyl sites for hydroxylation is 2. The fraction of sp³-hybridized carbons (Fsp3) is 0.167. The van der Waals surface area contributed by atoms with Gasteiger partial charge in [-0.25, -0.2) is 0 Å². The van der Waals surface area contributed by atoms with Gasteiger partial charge in [0.15, 0.2) is 0 Å². The summed E-state index contributed by atoms with van der Waals surface area (Å²) in [6.45, 7) is 4.00. The Kier molecular flexibility index (Phi) is 3.59. The van der Waals surface area contributed by atoms with Gasteiger partial charge in [-0.1, -0.05) is 17.7 Å². The number of amides is 1. The number of nitrogens with one attached hydrogen (secondary N) is 2. The number of rotatable bonds is 3. The summed E-state index contributed by atoms with van der Waals surface area (Å²) >= 11 is 0. The SMILES string of the molecule is COc1ccc(C)cc1NC(=O)c1cc2cc(C)ccc2[nH]1. The Labute approximate surface area is 129 Å². The second-order valence-corrected chi connectivity index (χ2v) is 5.43. The number of aromatic nitrogens is 1. The van der Waals surface area contributed by atoms with Crippen LogP contribution >= 0.6 is 0 Å². The minimum Gasteiger partial charge on any atom is -0.495 e. The van der Waals surface area contributed by atoms with Crippen LogP contribution in [0.2, 0.25) is 0 Å². The van der Waals surface area contributed by atoms with E-state index in [-0.39, 0.29) is 5.91 Å². The lowest BCUT2D eigenvalue weighted by Crippen LogP contribution is -2.13. The lowest BCUT2D eigenvalue weighted by Gasteiger charge is -2.10. The predicted octanol–water partition coefficient (Wildman–Crippen LogP) is 4.05. The third-order valence-electron chi connectivity index (χ3n) is 3.62. The van der Waals surface area contributed by atoms with E-state index in [0.29, 0.717) is 17.1 Å². The number of ether oxygens (including phenoxy) is 1. The standard InChI is InChI=1S/C18H18N2O2/c1-11-4-6-14-13(8-11)10-16(19-14)18(21)20-15-9-12(2)5-7-17(15)22-3/h4-10,19H,1-3H3,(H,20,21). The van der Waals surface area contributed by atoms with Gasteiger partial charge < -0.3 is 15.0 Å². The van der Waals surface area contributed by atoms with Crippen molar-refractivity contribution in [1.29, 1.82) is 0 Å². The van der Waals surface area contributed by atoms with Gasteiger partial charge in [0.25, 0.3) is 5.91 Å². The zero-order valence-electron chi connectivity index (χ0n) is 12.9. The Bertz CT molecular complexity index is 849. The highest BCUT2D eigenvalue weighted by atomic mass is 16.5. The maximum absolute atomic E-state index is 12.5. The smallest absolute Gasteiger partial charge is 0.272 e. The molecule has 4 nitrogen and oxygen atoms in total. The van der Waals surface area contributed by atoms with Crippen LogP contribution in [0.3, 0.4) is 0 Å². The number of aromatic amines is 1. The summed E-state index contributed by atoms with van der Waals surface area (Å²) in [4.78, 5) is 15.6. The molecule has 1 heterocycles. The number of hydrogen-bond donors (Lipinski definition) is 2. The lowest BCUT2D eigenvalue weighted by molar-refractivity contribution is 0.102. The molecular formula is C18H18N2O2. The van der Waals surface area contributed by atoms with E-state index >= 15 is 0 Å². The highest BCUT2D eigenvalue weighted by Gasteiger charge is 2.12. The molecule has 1 amide bonds. The number of benzene rings is 2. The molecule has 112 valence electrons. The zero-order chi connectivity index (χ0) is 15.7. The summed E-state index contributed by atoms with van der Waals surface area (Å²) in [5, 5.41) is 3.93. The second kappa shape index (κ2) is 5.56. The van der Waals surface area contributed by atoms with Crippen molar-refractivity contribution in [1.82, 2.24) is 4.98 Å². The fourth-order valence-electron chi connectivity index (χ4n) is 2.48. The van der Waals surface area contributed by atoms with Crippen LogP contribution in [0.4, 0.5) is 5.69 Å². The van der Waals surface area contributed by atoms with E-state index in [0.717, 1.165) is 16.5 Å². The zero-order valence-corrected chi connectivity index (χ0v) is 12.9. The van der Waals surface area contributed by atoms with Crippen molar-refractivity contribution in [2.75, 3.05) is 12.4 Å². The summed E-state index contributed by atoms with van der Waals surface area (Å²) in [7, 11) is 1.59. The van der Waals surface area contributed by atoms with Crippen molar-refractivity contribution in [2.45, 2.75) is 13.8 Å². The number of anilines is 1. The molecule has 0 aliphatic carbocycles. The minimum atomic E-state index is -0.183.